The van der Waals surface area contributed by atoms with Gasteiger partial charge in [0.2, 0.25) is 5.91 Å². The Kier molecular flexibility index (Phi) is 6.05. The number of nitriles is 1. The van der Waals surface area contributed by atoms with Crippen molar-refractivity contribution in [2.75, 3.05) is 6.54 Å². The van der Waals surface area contributed by atoms with E-state index in [0.717, 1.165) is 29.3 Å². The van der Waals surface area contributed by atoms with Crippen molar-refractivity contribution in [3.05, 3.63) is 70.2 Å². The zero-order chi connectivity index (χ0) is 21.1. The van der Waals surface area contributed by atoms with Gasteiger partial charge in [0.25, 0.3) is 5.91 Å². The number of nitrogens with zero attached hydrogens (tertiary/aromatic N) is 3. The molecule has 0 aromatic heterocycles. The number of hydrogen-bond acceptors (Lipinski definition) is 4. The van der Waals surface area contributed by atoms with Gasteiger partial charge in [-0.3, -0.25) is 9.59 Å². The number of hydrogen-bond donors (Lipinski definition) is 1. The molecule has 0 aliphatic carbocycles. The average molecular weight is 467 g/mol. The maximum absolute atomic E-state index is 13.2. The molecule has 154 valence electrons. The summed E-state index contributed by atoms with van der Waals surface area (Å²) in [4.78, 5) is 29.4. The van der Waals surface area contributed by atoms with Crippen LogP contribution in [0.3, 0.4) is 0 Å². The van der Waals surface area contributed by atoms with Gasteiger partial charge in [0.1, 0.15) is 6.54 Å². The zero-order valence-electron chi connectivity index (χ0n) is 16.5. The van der Waals surface area contributed by atoms with E-state index in [1.54, 1.807) is 17.0 Å². The number of fused-ring (bicyclic) bond motifs is 2. The Morgan fingerprint density at radius 2 is 1.97 bits per heavy atom. The Balaban J connectivity index is 1.47. The molecular weight excluding hydrogens is 444 g/mol. The molecule has 2 aliphatic heterocycles. The van der Waals surface area contributed by atoms with Crippen LogP contribution in [0.1, 0.15) is 35.2 Å². The Morgan fingerprint density at radius 3 is 2.67 bits per heavy atom. The first-order chi connectivity index (χ1) is 14.5. The summed E-state index contributed by atoms with van der Waals surface area (Å²) in [6.45, 7) is 0.321. The summed E-state index contributed by atoms with van der Waals surface area (Å²) in [5, 5.41) is 12.4. The first-order valence-corrected chi connectivity index (χ1v) is 10.9. The van der Waals surface area contributed by atoms with Gasteiger partial charge in [-0.1, -0.05) is 52.3 Å². The molecule has 1 N–H and O–H groups in total. The predicted octanol–water partition coefficient (Wildman–Crippen LogP) is 3.29. The van der Waals surface area contributed by atoms with Crippen molar-refractivity contribution < 1.29 is 9.59 Å². The van der Waals surface area contributed by atoms with Crippen LogP contribution in [-0.2, 0) is 11.3 Å². The molecule has 2 aromatic carbocycles. The van der Waals surface area contributed by atoms with Gasteiger partial charge in [-0.25, -0.2) is 0 Å². The Bertz CT molecular complexity index is 975. The minimum atomic E-state index is -0.193. The summed E-state index contributed by atoms with van der Waals surface area (Å²) in [7, 11) is 0. The van der Waals surface area contributed by atoms with Crippen molar-refractivity contribution in [3.8, 4) is 6.19 Å². The molecule has 30 heavy (non-hydrogen) atoms. The summed E-state index contributed by atoms with van der Waals surface area (Å²) >= 11 is 3.41. The number of rotatable bonds is 6. The average Bonchev–Trinajstić information content (AvgIpc) is 3.30. The van der Waals surface area contributed by atoms with Crippen LogP contribution in [-0.4, -0.2) is 46.3 Å². The summed E-state index contributed by atoms with van der Waals surface area (Å²) in [6.07, 6.45) is 4.99. The number of benzene rings is 2. The third-order valence-corrected chi connectivity index (χ3v) is 6.40. The van der Waals surface area contributed by atoms with Gasteiger partial charge in [0.15, 0.2) is 6.19 Å². The van der Waals surface area contributed by atoms with E-state index < -0.39 is 0 Å². The van der Waals surface area contributed by atoms with Crippen molar-refractivity contribution in [2.24, 2.45) is 0 Å². The second-order valence-electron chi connectivity index (χ2n) is 7.87. The molecule has 2 aromatic rings. The summed E-state index contributed by atoms with van der Waals surface area (Å²) in [5.74, 6) is -0.383. The lowest BCUT2D eigenvalue weighted by Gasteiger charge is -2.26. The van der Waals surface area contributed by atoms with Gasteiger partial charge in [-0.15, -0.1) is 0 Å². The molecule has 0 unspecified atom stereocenters. The molecule has 0 radical (unpaired) electrons. The fourth-order valence-electron chi connectivity index (χ4n) is 4.53. The summed E-state index contributed by atoms with van der Waals surface area (Å²) < 4.78 is 0.816. The normalized spacial score (nSPS) is 21.9. The molecule has 7 heteroatoms. The van der Waals surface area contributed by atoms with Gasteiger partial charge < -0.3 is 15.1 Å². The van der Waals surface area contributed by atoms with E-state index in [-0.39, 0.29) is 36.5 Å². The first-order valence-electron chi connectivity index (χ1n) is 10.1. The van der Waals surface area contributed by atoms with Crippen LogP contribution >= 0.6 is 15.9 Å². The second-order valence-corrected chi connectivity index (χ2v) is 8.79. The lowest BCUT2D eigenvalue weighted by Crippen LogP contribution is -2.48. The SMILES string of the molecule is N#CN1[C@H]2CC[C@@H]1[C@H](NC(=O)CN(Cc1ccccc1)C(=O)c1cccc(Br)c1)C2. The molecule has 2 saturated heterocycles. The lowest BCUT2D eigenvalue weighted by molar-refractivity contribution is -0.122. The van der Waals surface area contributed by atoms with Crippen molar-refractivity contribution in [1.82, 2.24) is 15.1 Å². The highest BCUT2D eigenvalue weighted by atomic mass is 79.9. The first kappa shape index (κ1) is 20.4. The van der Waals surface area contributed by atoms with Gasteiger partial charge in [-0.2, -0.15) is 5.26 Å². The van der Waals surface area contributed by atoms with E-state index >= 15 is 0 Å². The van der Waals surface area contributed by atoms with Crippen molar-refractivity contribution in [1.29, 1.82) is 5.26 Å². The van der Waals surface area contributed by atoms with Crippen LogP contribution in [0.4, 0.5) is 0 Å². The largest absolute Gasteiger partial charge is 0.350 e. The Morgan fingerprint density at radius 1 is 1.17 bits per heavy atom. The number of carbonyl (C=O) groups excluding carboxylic acids is 2. The van der Waals surface area contributed by atoms with Crippen LogP contribution in [0.2, 0.25) is 0 Å². The summed E-state index contributed by atoms with van der Waals surface area (Å²) in [6, 6.07) is 17.1. The van der Waals surface area contributed by atoms with Gasteiger partial charge in [0.05, 0.1) is 12.1 Å². The highest BCUT2D eigenvalue weighted by Gasteiger charge is 2.46. The molecule has 0 spiro atoms. The Labute approximate surface area is 184 Å². The zero-order valence-corrected chi connectivity index (χ0v) is 18.1. The molecule has 2 fully saturated rings. The van der Waals surface area contributed by atoms with Gasteiger partial charge >= 0.3 is 0 Å². The third-order valence-electron chi connectivity index (χ3n) is 5.91. The fourth-order valence-corrected chi connectivity index (χ4v) is 4.93. The lowest BCUT2D eigenvalue weighted by atomic mass is 9.95. The van der Waals surface area contributed by atoms with E-state index in [9.17, 15) is 14.9 Å². The molecule has 2 heterocycles. The molecular formula is C23H23BrN4O2. The number of halogens is 1. The number of carbonyl (C=O) groups is 2. The van der Waals surface area contributed by atoms with Crippen LogP contribution < -0.4 is 5.32 Å². The highest BCUT2D eigenvalue weighted by molar-refractivity contribution is 9.10. The van der Waals surface area contributed by atoms with Crippen molar-refractivity contribution in [3.63, 3.8) is 0 Å². The maximum atomic E-state index is 13.2. The molecule has 3 atom stereocenters. The Hall–Kier alpha value is -2.85. The minimum absolute atomic E-state index is 0.0271. The molecule has 6 nitrogen and oxygen atoms in total. The van der Waals surface area contributed by atoms with E-state index in [1.165, 1.54) is 0 Å². The van der Waals surface area contributed by atoms with E-state index in [4.69, 9.17) is 0 Å². The molecule has 4 rings (SSSR count). The van der Waals surface area contributed by atoms with Gasteiger partial charge in [-0.05, 0) is 43.0 Å². The molecule has 2 aliphatic rings. The molecule has 2 amide bonds. The van der Waals surface area contributed by atoms with E-state index in [2.05, 4.69) is 27.4 Å². The number of nitrogens with one attached hydrogen (secondary N) is 1. The quantitative estimate of drug-likeness (QED) is 0.662. The third kappa shape index (κ3) is 4.34. The topological polar surface area (TPSA) is 76.4 Å². The predicted molar refractivity (Wildman–Crippen MR) is 116 cm³/mol. The van der Waals surface area contributed by atoms with Gasteiger partial charge in [0, 0.05) is 22.6 Å². The second kappa shape index (κ2) is 8.88. The molecule has 2 bridgehead atoms. The van der Waals surface area contributed by atoms with Crippen LogP contribution in [0.15, 0.2) is 59.1 Å². The smallest absolute Gasteiger partial charge is 0.254 e. The van der Waals surface area contributed by atoms with Crippen LogP contribution in [0, 0.1) is 11.5 Å². The standard InChI is InChI=1S/C23H23BrN4O2/c24-18-8-4-7-17(11-18)23(30)27(13-16-5-2-1-3-6-16)14-22(29)26-20-12-19-9-10-21(20)28(19)15-25/h1-8,11,19-21H,9-10,12-14H2,(H,26,29)/t19-,20+,21+/m0/s1. The van der Waals surface area contributed by atoms with Crippen molar-refractivity contribution >= 4 is 27.7 Å². The van der Waals surface area contributed by atoms with Crippen LogP contribution in [0.5, 0.6) is 0 Å². The van der Waals surface area contributed by atoms with E-state index in [1.807, 2.05) is 47.4 Å². The van der Waals surface area contributed by atoms with E-state index in [0.29, 0.717) is 12.1 Å². The highest BCUT2D eigenvalue weighted by Crippen LogP contribution is 2.36. The number of amides is 2. The monoisotopic (exact) mass is 466 g/mol. The summed E-state index contributed by atoms with van der Waals surface area (Å²) in [5.41, 5.74) is 1.49. The van der Waals surface area contributed by atoms with Crippen LogP contribution in [0.25, 0.3) is 0 Å². The maximum Gasteiger partial charge on any atom is 0.254 e. The molecule has 0 saturated carbocycles. The fraction of sp³-hybridized carbons (Fsp3) is 0.348. The van der Waals surface area contributed by atoms with Crippen molar-refractivity contribution in [2.45, 2.75) is 43.9 Å². The minimum Gasteiger partial charge on any atom is -0.350 e.